The Morgan fingerprint density at radius 2 is 2.21 bits per heavy atom. The molecule has 1 rings (SSSR count). The molecule has 0 aliphatic rings. The standard InChI is InChI=1S/C12H18N2O5/c1-8(6-16-2)18-7-19-11-9(17-3)4-5-14-10(11)12(13)15/h4-5,8H,6-7H2,1-3H3,(H2,13,15). The number of methoxy groups -OCH3 is 2. The molecule has 1 aromatic rings. The van der Waals surface area contributed by atoms with E-state index in [-0.39, 0.29) is 24.3 Å². The first-order valence-electron chi connectivity index (χ1n) is 5.66. The Kier molecular flexibility index (Phi) is 6.04. The fraction of sp³-hybridized carbons (Fsp3) is 0.500. The molecule has 0 bridgehead atoms. The molecular formula is C12H18N2O5. The topological polar surface area (TPSA) is 92.9 Å². The zero-order valence-electron chi connectivity index (χ0n) is 11.2. The third-order valence-corrected chi connectivity index (χ3v) is 2.28. The average molecular weight is 270 g/mol. The van der Waals surface area contributed by atoms with Crippen LogP contribution < -0.4 is 15.2 Å². The van der Waals surface area contributed by atoms with Crippen LogP contribution in [0.2, 0.25) is 0 Å². The molecular weight excluding hydrogens is 252 g/mol. The number of amides is 1. The van der Waals surface area contributed by atoms with Crippen molar-refractivity contribution in [1.29, 1.82) is 0 Å². The SMILES string of the molecule is COCC(C)OCOc1c(OC)ccnc1C(N)=O. The van der Waals surface area contributed by atoms with Crippen LogP contribution in [-0.4, -0.2) is 44.6 Å². The highest BCUT2D eigenvalue weighted by Gasteiger charge is 2.17. The van der Waals surface area contributed by atoms with Crippen molar-refractivity contribution in [2.75, 3.05) is 27.6 Å². The number of aromatic nitrogens is 1. The predicted molar refractivity (Wildman–Crippen MR) is 67.2 cm³/mol. The molecule has 106 valence electrons. The number of carbonyl (C=O) groups is 1. The summed E-state index contributed by atoms with van der Waals surface area (Å²) in [6, 6.07) is 1.57. The monoisotopic (exact) mass is 270 g/mol. The van der Waals surface area contributed by atoms with Gasteiger partial charge in [-0.25, -0.2) is 4.98 Å². The fourth-order valence-electron chi connectivity index (χ4n) is 1.40. The Bertz CT molecular complexity index is 425. The summed E-state index contributed by atoms with van der Waals surface area (Å²) in [7, 11) is 3.04. The number of hydrogen-bond donors (Lipinski definition) is 1. The molecule has 19 heavy (non-hydrogen) atoms. The van der Waals surface area contributed by atoms with Crippen LogP contribution in [0.5, 0.6) is 11.5 Å². The van der Waals surface area contributed by atoms with Crippen LogP contribution in [0.1, 0.15) is 17.4 Å². The van der Waals surface area contributed by atoms with Crippen molar-refractivity contribution >= 4 is 5.91 Å². The summed E-state index contributed by atoms with van der Waals surface area (Å²) in [4.78, 5) is 15.1. The number of primary amides is 1. The lowest BCUT2D eigenvalue weighted by atomic mass is 10.3. The van der Waals surface area contributed by atoms with Gasteiger partial charge in [0.1, 0.15) is 0 Å². The number of pyridine rings is 1. The largest absolute Gasteiger partial charge is 0.493 e. The lowest BCUT2D eigenvalue weighted by Gasteiger charge is -2.15. The molecule has 0 aliphatic heterocycles. The summed E-state index contributed by atoms with van der Waals surface area (Å²) in [6.45, 7) is 2.21. The maximum Gasteiger partial charge on any atom is 0.271 e. The molecule has 7 nitrogen and oxygen atoms in total. The number of nitrogens with zero attached hydrogens (tertiary/aromatic N) is 1. The molecule has 0 radical (unpaired) electrons. The van der Waals surface area contributed by atoms with Crippen molar-refractivity contribution in [2.45, 2.75) is 13.0 Å². The zero-order chi connectivity index (χ0) is 14.3. The van der Waals surface area contributed by atoms with Crippen LogP contribution in [0.15, 0.2) is 12.3 Å². The summed E-state index contributed by atoms with van der Waals surface area (Å²) < 4.78 is 20.7. The van der Waals surface area contributed by atoms with E-state index in [0.717, 1.165) is 0 Å². The first-order valence-corrected chi connectivity index (χ1v) is 5.66. The van der Waals surface area contributed by atoms with E-state index in [0.29, 0.717) is 12.4 Å². The van der Waals surface area contributed by atoms with Crippen LogP contribution in [0.3, 0.4) is 0 Å². The van der Waals surface area contributed by atoms with E-state index < -0.39 is 5.91 Å². The van der Waals surface area contributed by atoms with Gasteiger partial charge in [0.2, 0.25) is 0 Å². The molecule has 0 aromatic carbocycles. The van der Waals surface area contributed by atoms with E-state index in [4.69, 9.17) is 24.7 Å². The maximum absolute atomic E-state index is 11.3. The van der Waals surface area contributed by atoms with Gasteiger partial charge in [-0.1, -0.05) is 0 Å². The van der Waals surface area contributed by atoms with Crippen LogP contribution in [0.4, 0.5) is 0 Å². The first kappa shape index (κ1) is 15.2. The van der Waals surface area contributed by atoms with E-state index >= 15 is 0 Å². The Morgan fingerprint density at radius 1 is 1.47 bits per heavy atom. The molecule has 0 aliphatic carbocycles. The van der Waals surface area contributed by atoms with Gasteiger partial charge in [-0.3, -0.25) is 4.79 Å². The average Bonchev–Trinajstić information content (AvgIpc) is 2.38. The molecule has 1 amide bonds. The van der Waals surface area contributed by atoms with Crippen molar-refractivity contribution in [3.63, 3.8) is 0 Å². The molecule has 0 saturated heterocycles. The zero-order valence-corrected chi connectivity index (χ0v) is 11.2. The summed E-state index contributed by atoms with van der Waals surface area (Å²) in [6.07, 6.45) is 1.28. The summed E-state index contributed by atoms with van der Waals surface area (Å²) >= 11 is 0. The van der Waals surface area contributed by atoms with E-state index in [1.165, 1.54) is 13.3 Å². The third kappa shape index (κ3) is 4.38. The number of hydrogen-bond acceptors (Lipinski definition) is 6. The van der Waals surface area contributed by atoms with Crippen molar-refractivity contribution in [2.24, 2.45) is 5.73 Å². The minimum Gasteiger partial charge on any atom is -0.493 e. The van der Waals surface area contributed by atoms with Gasteiger partial charge >= 0.3 is 0 Å². The first-order chi connectivity index (χ1) is 9.10. The van der Waals surface area contributed by atoms with Crippen molar-refractivity contribution in [3.8, 4) is 11.5 Å². The highest BCUT2D eigenvalue weighted by molar-refractivity contribution is 5.94. The molecule has 1 heterocycles. The summed E-state index contributed by atoms with van der Waals surface area (Å²) in [5.41, 5.74) is 5.22. The molecule has 0 saturated carbocycles. The van der Waals surface area contributed by atoms with E-state index in [9.17, 15) is 4.79 Å². The second kappa shape index (κ2) is 7.55. The van der Waals surface area contributed by atoms with E-state index in [1.807, 2.05) is 6.92 Å². The number of rotatable bonds is 8. The molecule has 1 unspecified atom stereocenters. The number of carbonyl (C=O) groups excluding carboxylic acids is 1. The van der Waals surface area contributed by atoms with Crippen molar-refractivity contribution < 1.29 is 23.7 Å². The lowest BCUT2D eigenvalue weighted by Crippen LogP contribution is -2.20. The van der Waals surface area contributed by atoms with Crippen LogP contribution in [-0.2, 0) is 9.47 Å². The molecule has 2 N–H and O–H groups in total. The Morgan fingerprint density at radius 3 is 2.79 bits per heavy atom. The van der Waals surface area contributed by atoms with Crippen molar-refractivity contribution in [1.82, 2.24) is 4.98 Å². The maximum atomic E-state index is 11.3. The minimum atomic E-state index is -0.696. The number of ether oxygens (including phenoxy) is 4. The number of nitrogens with two attached hydrogens (primary N) is 1. The highest BCUT2D eigenvalue weighted by atomic mass is 16.7. The second-order valence-electron chi connectivity index (χ2n) is 3.75. The normalized spacial score (nSPS) is 11.9. The van der Waals surface area contributed by atoms with Crippen LogP contribution >= 0.6 is 0 Å². The molecule has 1 atom stereocenters. The highest BCUT2D eigenvalue weighted by Crippen LogP contribution is 2.29. The Hall–Kier alpha value is -1.86. The van der Waals surface area contributed by atoms with Crippen molar-refractivity contribution in [3.05, 3.63) is 18.0 Å². The van der Waals surface area contributed by atoms with Gasteiger partial charge in [0.25, 0.3) is 5.91 Å². The van der Waals surface area contributed by atoms with Gasteiger partial charge in [0.15, 0.2) is 24.0 Å². The van der Waals surface area contributed by atoms with Crippen LogP contribution in [0, 0.1) is 0 Å². The van der Waals surface area contributed by atoms with Gasteiger partial charge in [0, 0.05) is 19.4 Å². The second-order valence-corrected chi connectivity index (χ2v) is 3.75. The summed E-state index contributed by atoms with van der Waals surface area (Å²) in [5, 5.41) is 0. The fourth-order valence-corrected chi connectivity index (χ4v) is 1.40. The van der Waals surface area contributed by atoms with E-state index in [2.05, 4.69) is 4.98 Å². The van der Waals surface area contributed by atoms with Gasteiger partial charge in [-0.05, 0) is 6.92 Å². The third-order valence-electron chi connectivity index (χ3n) is 2.28. The minimum absolute atomic E-state index is 0.00217. The molecule has 0 fully saturated rings. The van der Waals surface area contributed by atoms with Gasteiger partial charge in [0.05, 0.1) is 19.8 Å². The smallest absolute Gasteiger partial charge is 0.271 e. The Labute approximate surface area is 111 Å². The van der Waals surface area contributed by atoms with E-state index in [1.54, 1.807) is 13.2 Å². The molecule has 0 spiro atoms. The molecule has 1 aromatic heterocycles. The predicted octanol–water partition coefficient (Wildman–Crippen LogP) is 0.577. The lowest BCUT2D eigenvalue weighted by molar-refractivity contribution is -0.0564. The van der Waals surface area contributed by atoms with Crippen LogP contribution in [0.25, 0.3) is 0 Å². The van der Waals surface area contributed by atoms with Gasteiger partial charge in [-0.15, -0.1) is 0 Å². The van der Waals surface area contributed by atoms with Gasteiger partial charge < -0.3 is 24.7 Å². The Balaban J connectivity index is 2.73. The van der Waals surface area contributed by atoms with Gasteiger partial charge in [-0.2, -0.15) is 0 Å². The molecule has 7 heteroatoms. The quantitative estimate of drug-likeness (QED) is 0.694. The summed E-state index contributed by atoms with van der Waals surface area (Å²) in [5.74, 6) is -0.159.